The van der Waals surface area contributed by atoms with Crippen LogP contribution in [0.5, 0.6) is 0 Å². The summed E-state index contributed by atoms with van der Waals surface area (Å²) in [7, 11) is 0.247. The van der Waals surface area contributed by atoms with Crippen LogP contribution >= 0.6 is 11.6 Å². The molecule has 3 N–H and O–H groups in total. The molecule has 1 aliphatic carbocycles. The first kappa shape index (κ1) is 27.6. The first-order valence-electron chi connectivity index (χ1n) is 12.6. The highest BCUT2D eigenvalue weighted by Crippen LogP contribution is 2.28. The van der Waals surface area contributed by atoms with Crippen LogP contribution in [0.2, 0.25) is 5.02 Å². The number of aromatic nitrogens is 2. The minimum absolute atomic E-state index is 0.112. The number of fused-ring (bicyclic) bond motifs is 1. The normalized spacial score (nSPS) is 20.5. The van der Waals surface area contributed by atoms with Crippen LogP contribution in [0.3, 0.4) is 0 Å². The molecule has 1 aromatic carbocycles. The molecule has 1 aromatic heterocycles. The Bertz CT molecular complexity index is 1220. The molecule has 12 heteroatoms. The van der Waals surface area contributed by atoms with Crippen molar-refractivity contribution >= 4 is 45.0 Å². The molecule has 0 saturated heterocycles. The van der Waals surface area contributed by atoms with Crippen LogP contribution in [0.15, 0.2) is 24.4 Å². The molecule has 0 radical (unpaired) electrons. The van der Waals surface area contributed by atoms with Gasteiger partial charge in [0.05, 0.1) is 19.0 Å². The number of benzene rings is 1. The monoisotopic (exact) mass is 549 g/mol. The summed E-state index contributed by atoms with van der Waals surface area (Å²) in [6, 6.07) is 5.91. The van der Waals surface area contributed by atoms with Gasteiger partial charge in [-0.25, -0.2) is 18.1 Å². The zero-order valence-electron chi connectivity index (χ0n) is 21.6. The smallest absolute Gasteiger partial charge is 0.236 e. The molecule has 0 unspecified atom stereocenters. The number of rotatable bonds is 8. The largest absolute Gasteiger partial charge is 0.364 e. The van der Waals surface area contributed by atoms with E-state index in [0.29, 0.717) is 23.3 Å². The summed E-state index contributed by atoms with van der Waals surface area (Å²) in [6.07, 6.45) is 8.03. The number of carbonyl (C=O) groups excluding carboxylic acids is 1. The Labute approximate surface area is 224 Å². The van der Waals surface area contributed by atoms with E-state index in [1.54, 1.807) is 25.2 Å². The molecule has 10 nitrogen and oxygen atoms in total. The molecule has 37 heavy (non-hydrogen) atoms. The van der Waals surface area contributed by atoms with Gasteiger partial charge in [0.2, 0.25) is 21.9 Å². The predicted octanol–water partition coefficient (Wildman–Crippen LogP) is 2.63. The topological polar surface area (TPSA) is 120 Å². The number of carbonyl (C=O) groups is 1. The van der Waals surface area contributed by atoms with Gasteiger partial charge < -0.3 is 15.5 Å². The third kappa shape index (κ3) is 7.76. The fourth-order valence-corrected chi connectivity index (χ4v) is 5.87. The van der Waals surface area contributed by atoms with Crippen LogP contribution in [-0.2, 0) is 27.7 Å². The number of sulfonamides is 1. The summed E-state index contributed by atoms with van der Waals surface area (Å²) in [5.41, 5.74) is 3.40. The summed E-state index contributed by atoms with van der Waals surface area (Å²) in [5.74, 6) is 0.994. The van der Waals surface area contributed by atoms with Crippen molar-refractivity contribution in [2.24, 2.45) is 0 Å². The van der Waals surface area contributed by atoms with Gasteiger partial charge in [0, 0.05) is 45.0 Å². The van der Waals surface area contributed by atoms with E-state index in [1.807, 2.05) is 6.07 Å². The van der Waals surface area contributed by atoms with Gasteiger partial charge in [0.1, 0.15) is 5.02 Å². The lowest BCUT2D eigenvalue weighted by atomic mass is 9.91. The highest BCUT2D eigenvalue weighted by Gasteiger charge is 2.28. The van der Waals surface area contributed by atoms with Gasteiger partial charge in [-0.1, -0.05) is 30.5 Å². The van der Waals surface area contributed by atoms with Crippen molar-refractivity contribution < 1.29 is 13.2 Å². The third-order valence-electron chi connectivity index (χ3n) is 6.91. The van der Waals surface area contributed by atoms with Crippen molar-refractivity contribution in [1.29, 1.82) is 0 Å². The summed E-state index contributed by atoms with van der Waals surface area (Å²) >= 11 is 6.40. The van der Waals surface area contributed by atoms with Crippen LogP contribution < -0.4 is 15.4 Å². The van der Waals surface area contributed by atoms with E-state index in [0.717, 1.165) is 57.3 Å². The molecule has 1 aliphatic heterocycles. The maximum Gasteiger partial charge on any atom is 0.236 e. The second-order valence-corrected chi connectivity index (χ2v) is 12.3. The molecular weight excluding hydrogens is 514 g/mol. The molecule has 0 spiro atoms. The zero-order chi connectivity index (χ0) is 26.6. The van der Waals surface area contributed by atoms with Crippen LogP contribution in [0.4, 0.5) is 17.5 Å². The van der Waals surface area contributed by atoms with Gasteiger partial charge in [-0.05, 0) is 48.9 Å². The number of likely N-dealkylation sites (N-methyl/N-ethyl adjacent to an activating group) is 1. The number of hydrogen-bond donors (Lipinski definition) is 3. The van der Waals surface area contributed by atoms with Gasteiger partial charge in [-0.3, -0.25) is 9.69 Å². The average molecular weight is 550 g/mol. The Morgan fingerprint density at radius 2 is 1.84 bits per heavy atom. The number of halogens is 1. The van der Waals surface area contributed by atoms with E-state index < -0.39 is 10.0 Å². The van der Waals surface area contributed by atoms with Crippen molar-refractivity contribution in [2.75, 3.05) is 50.6 Å². The van der Waals surface area contributed by atoms with Crippen LogP contribution in [0.25, 0.3) is 0 Å². The summed E-state index contributed by atoms with van der Waals surface area (Å²) in [6.45, 7) is 2.11. The molecule has 0 bridgehead atoms. The molecular formula is C25H36ClN7O3S. The van der Waals surface area contributed by atoms with Crippen molar-refractivity contribution in [2.45, 2.75) is 50.6 Å². The van der Waals surface area contributed by atoms with E-state index in [9.17, 15) is 13.2 Å². The van der Waals surface area contributed by atoms with Crippen LogP contribution in [-0.4, -0.2) is 86.2 Å². The zero-order valence-corrected chi connectivity index (χ0v) is 23.2. The van der Waals surface area contributed by atoms with E-state index in [-0.39, 0.29) is 18.0 Å². The lowest BCUT2D eigenvalue weighted by molar-refractivity contribution is -0.129. The molecule has 1 fully saturated rings. The Balaban J connectivity index is 1.44. The van der Waals surface area contributed by atoms with Gasteiger partial charge in [0.15, 0.2) is 5.82 Å². The number of nitrogens with one attached hydrogen (secondary N) is 3. The highest BCUT2D eigenvalue weighted by molar-refractivity contribution is 7.88. The average Bonchev–Trinajstić information content (AvgIpc) is 3.03. The Morgan fingerprint density at radius 3 is 2.54 bits per heavy atom. The lowest BCUT2D eigenvalue weighted by Gasteiger charge is -2.32. The van der Waals surface area contributed by atoms with Gasteiger partial charge in [-0.15, -0.1) is 0 Å². The Kier molecular flexibility index (Phi) is 8.89. The maximum atomic E-state index is 12.1. The third-order valence-corrected chi connectivity index (χ3v) is 7.92. The minimum atomic E-state index is -3.32. The molecule has 2 aromatic rings. The molecule has 1 saturated carbocycles. The van der Waals surface area contributed by atoms with E-state index >= 15 is 0 Å². The SMILES string of the molecule is CN(C)C(=O)CN1CCc2ccc(Nc3ncc(Cl)c(N[C@@H]4CCCC[C@H]4NS(C)(=O)=O)n3)cc2CC1. The fraction of sp³-hybridized carbons (Fsp3) is 0.560. The van der Waals surface area contributed by atoms with Crippen molar-refractivity contribution in [1.82, 2.24) is 24.5 Å². The van der Waals surface area contributed by atoms with Crippen molar-refractivity contribution in [3.63, 3.8) is 0 Å². The quantitative estimate of drug-likeness (QED) is 0.460. The van der Waals surface area contributed by atoms with Crippen molar-refractivity contribution in [3.05, 3.63) is 40.5 Å². The van der Waals surface area contributed by atoms with Crippen LogP contribution in [0, 0.1) is 0 Å². The molecule has 2 atom stereocenters. The molecule has 2 heterocycles. The van der Waals surface area contributed by atoms with Gasteiger partial charge in [0.25, 0.3) is 0 Å². The maximum absolute atomic E-state index is 12.1. The predicted molar refractivity (Wildman–Crippen MR) is 147 cm³/mol. The minimum Gasteiger partial charge on any atom is -0.364 e. The molecule has 2 aliphatic rings. The second-order valence-electron chi connectivity index (χ2n) is 10.1. The highest BCUT2D eigenvalue weighted by atomic mass is 35.5. The summed E-state index contributed by atoms with van der Waals surface area (Å²) in [4.78, 5) is 24.9. The summed E-state index contributed by atoms with van der Waals surface area (Å²) in [5, 5.41) is 7.01. The van der Waals surface area contributed by atoms with Crippen LogP contribution in [0.1, 0.15) is 36.8 Å². The van der Waals surface area contributed by atoms with E-state index in [4.69, 9.17) is 11.6 Å². The van der Waals surface area contributed by atoms with Gasteiger partial charge >= 0.3 is 0 Å². The first-order chi connectivity index (χ1) is 17.6. The number of hydrogen-bond acceptors (Lipinski definition) is 8. The first-order valence-corrected chi connectivity index (χ1v) is 14.9. The Morgan fingerprint density at radius 1 is 1.14 bits per heavy atom. The lowest BCUT2D eigenvalue weighted by Crippen LogP contribution is -2.48. The van der Waals surface area contributed by atoms with E-state index in [1.165, 1.54) is 17.4 Å². The Hall–Kier alpha value is -2.47. The summed E-state index contributed by atoms with van der Waals surface area (Å²) < 4.78 is 26.4. The van der Waals surface area contributed by atoms with E-state index in [2.05, 4.69) is 42.4 Å². The molecule has 1 amide bonds. The second kappa shape index (κ2) is 11.9. The van der Waals surface area contributed by atoms with Gasteiger partial charge in [-0.2, -0.15) is 4.98 Å². The number of nitrogens with zero attached hydrogens (tertiary/aromatic N) is 4. The fourth-order valence-electron chi connectivity index (χ4n) is 4.89. The number of amides is 1. The molecule has 4 rings (SSSR count). The standard InChI is InChI=1S/C25H36ClN7O3S/c1-32(2)23(34)16-33-12-10-17-8-9-19(14-18(17)11-13-33)28-25-27-15-20(26)24(30-25)29-21-6-4-5-7-22(21)31-37(3,35)36/h8-9,14-15,21-22,31H,4-7,10-13,16H2,1-3H3,(H2,27,28,29,30)/t21-,22-/m1/s1. The molecule has 202 valence electrons. The van der Waals surface area contributed by atoms with Crippen molar-refractivity contribution in [3.8, 4) is 0 Å². The number of anilines is 3.